The van der Waals surface area contributed by atoms with Gasteiger partial charge < -0.3 is 15.5 Å². The summed E-state index contributed by atoms with van der Waals surface area (Å²) < 4.78 is 14.0. The van der Waals surface area contributed by atoms with Gasteiger partial charge in [0, 0.05) is 37.2 Å². The molecule has 1 aliphatic carbocycles. The van der Waals surface area contributed by atoms with Gasteiger partial charge in [0.15, 0.2) is 5.96 Å². The van der Waals surface area contributed by atoms with Crippen molar-refractivity contribution in [3.05, 3.63) is 35.1 Å². The molecule has 1 saturated carbocycles. The Bertz CT molecular complexity index is 782. The third-order valence-corrected chi connectivity index (χ3v) is 5.72. The zero-order chi connectivity index (χ0) is 20.6. The van der Waals surface area contributed by atoms with Crippen LogP contribution in [-0.4, -0.2) is 42.4 Å². The first-order chi connectivity index (χ1) is 14.1. The van der Waals surface area contributed by atoms with Gasteiger partial charge in [-0.05, 0) is 44.4 Å². The number of nitrogens with one attached hydrogen (secondary N) is 2. The largest absolute Gasteiger partial charge is 0.357 e. The number of carbonyl (C=O) groups excluding carboxylic acids is 1. The maximum absolute atomic E-state index is 14.0. The molecule has 1 aliphatic heterocycles. The van der Waals surface area contributed by atoms with Crippen LogP contribution in [0.5, 0.6) is 0 Å². The summed E-state index contributed by atoms with van der Waals surface area (Å²) in [5, 5.41) is 15.6. The molecule has 0 spiro atoms. The highest BCUT2D eigenvalue weighted by Gasteiger charge is 2.31. The predicted molar refractivity (Wildman–Crippen MR) is 111 cm³/mol. The predicted octanol–water partition coefficient (Wildman–Crippen LogP) is 2.93. The van der Waals surface area contributed by atoms with Crippen LogP contribution < -0.4 is 10.6 Å². The van der Waals surface area contributed by atoms with Crippen molar-refractivity contribution in [1.29, 1.82) is 5.26 Å². The number of amides is 1. The number of guanidine groups is 1. The molecule has 1 aromatic rings. The summed E-state index contributed by atoms with van der Waals surface area (Å²) in [4.78, 5) is 19.2. The summed E-state index contributed by atoms with van der Waals surface area (Å²) in [6.45, 7) is 4.25. The lowest BCUT2D eigenvalue weighted by Gasteiger charge is -2.26. The number of nitrogens with zero attached hydrogens (tertiary/aromatic N) is 3. The second-order valence-corrected chi connectivity index (χ2v) is 7.86. The van der Waals surface area contributed by atoms with E-state index in [-0.39, 0.29) is 24.3 Å². The Kier molecular flexibility index (Phi) is 7.45. The average Bonchev–Trinajstić information content (AvgIpc) is 3.21. The molecule has 1 amide bonds. The highest BCUT2D eigenvalue weighted by Crippen LogP contribution is 2.26. The van der Waals surface area contributed by atoms with E-state index < -0.39 is 0 Å². The van der Waals surface area contributed by atoms with Crippen molar-refractivity contribution >= 4 is 11.9 Å². The van der Waals surface area contributed by atoms with E-state index in [0.717, 1.165) is 38.6 Å². The van der Waals surface area contributed by atoms with Crippen LogP contribution >= 0.6 is 0 Å². The van der Waals surface area contributed by atoms with Crippen LogP contribution in [-0.2, 0) is 11.3 Å². The van der Waals surface area contributed by atoms with E-state index in [1.54, 1.807) is 0 Å². The van der Waals surface area contributed by atoms with Crippen molar-refractivity contribution in [2.24, 2.45) is 10.9 Å². The molecule has 1 unspecified atom stereocenters. The molecule has 2 fully saturated rings. The van der Waals surface area contributed by atoms with Gasteiger partial charge in [0.1, 0.15) is 5.82 Å². The third kappa shape index (κ3) is 5.69. The van der Waals surface area contributed by atoms with Gasteiger partial charge in [-0.15, -0.1) is 0 Å². The van der Waals surface area contributed by atoms with Crippen LogP contribution in [0.25, 0.3) is 0 Å². The summed E-state index contributed by atoms with van der Waals surface area (Å²) in [5.41, 5.74) is 0.809. The van der Waals surface area contributed by atoms with Gasteiger partial charge in [-0.3, -0.25) is 4.79 Å². The first kappa shape index (κ1) is 21.1. The van der Waals surface area contributed by atoms with Crippen molar-refractivity contribution in [3.8, 4) is 6.07 Å². The van der Waals surface area contributed by atoms with Crippen molar-refractivity contribution < 1.29 is 9.18 Å². The zero-order valence-electron chi connectivity index (χ0n) is 17.1. The van der Waals surface area contributed by atoms with E-state index in [4.69, 9.17) is 5.26 Å². The molecule has 1 aromatic carbocycles. The number of aliphatic imine (C=N–C) groups is 1. The van der Waals surface area contributed by atoms with Crippen LogP contribution in [0.3, 0.4) is 0 Å². The van der Waals surface area contributed by atoms with Gasteiger partial charge in [-0.25, -0.2) is 9.38 Å². The Morgan fingerprint density at radius 1 is 1.31 bits per heavy atom. The van der Waals surface area contributed by atoms with E-state index in [0.29, 0.717) is 36.1 Å². The quantitative estimate of drug-likeness (QED) is 0.589. The first-order valence-electron chi connectivity index (χ1n) is 10.6. The second kappa shape index (κ2) is 10.2. The van der Waals surface area contributed by atoms with Gasteiger partial charge in [0.2, 0.25) is 5.91 Å². The minimum atomic E-state index is -0.367. The molecule has 1 heterocycles. The van der Waals surface area contributed by atoms with Gasteiger partial charge in [-0.2, -0.15) is 5.26 Å². The number of carbonyl (C=O) groups is 1. The molecule has 0 radical (unpaired) electrons. The van der Waals surface area contributed by atoms with Gasteiger partial charge in [0.25, 0.3) is 0 Å². The van der Waals surface area contributed by atoms with Gasteiger partial charge >= 0.3 is 0 Å². The monoisotopic (exact) mass is 399 g/mol. The maximum Gasteiger partial charge on any atom is 0.225 e. The Morgan fingerprint density at radius 2 is 2.10 bits per heavy atom. The normalized spacial score (nSPS) is 20.4. The molecule has 2 N–H and O–H groups in total. The molecule has 7 heteroatoms. The number of hydrogen-bond donors (Lipinski definition) is 2. The lowest BCUT2D eigenvalue weighted by atomic mass is 9.88. The highest BCUT2D eigenvalue weighted by molar-refractivity contribution is 5.81. The van der Waals surface area contributed by atoms with Crippen LogP contribution in [0.1, 0.15) is 56.6 Å². The molecule has 6 nitrogen and oxygen atoms in total. The lowest BCUT2D eigenvalue weighted by molar-refractivity contribution is -0.135. The molecule has 0 bridgehead atoms. The van der Waals surface area contributed by atoms with E-state index in [1.165, 1.54) is 24.6 Å². The molecule has 1 atom stereocenters. The Hall–Kier alpha value is -2.62. The number of hydrogen-bond acceptors (Lipinski definition) is 3. The average molecular weight is 400 g/mol. The fourth-order valence-electron chi connectivity index (χ4n) is 4.13. The fraction of sp³-hybridized carbons (Fsp3) is 0.591. The topological polar surface area (TPSA) is 80.5 Å². The van der Waals surface area contributed by atoms with E-state index in [1.807, 2.05) is 17.9 Å². The van der Waals surface area contributed by atoms with Gasteiger partial charge in [-0.1, -0.05) is 19.3 Å². The van der Waals surface area contributed by atoms with Crippen molar-refractivity contribution in [1.82, 2.24) is 15.5 Å². The van der Waals surface area contributed by atoms with E-state index >= 15 is 0 Å². The first-order valence-corrected chi connectivity index (χ1v) is 10.6. The lowest BCUT2D eigenvalue weighted by Crippen LogP contribution is -2.45. The third-order valence-electron chi connectivity index (χ3n) is 5.72. The standard InChI is InChI=1S/C22H30FN5O/c1-2-25-22(26-14-18-12-16(13-24)8-9-20(18)23)27-19-10-11-28(15-19)21(29)17-6-4-3-5-7-17/h8-9,12,17,19H,2-7,10-11,14-15H2,1H3,(H2,25,26,27). The van der Waals surface area contributed by atoms with Crippen molar-refractivity contribution in [3.63, 3.8) is 0 Å². The summed E-state index contributed by atoms with van der Waals surface area (Å²) >= 11 is 0. The highest BCUT2D eigenvalue weighted by atomic mass is 19.1. The Balaban J connectivity index is 1.58. The summed E-state index contributed by atoms with van der Waals surface area (Å²) in [5.74, 6) is 0.728. The molecule has 3 rings (SSSR count). The molecule has 0 aromatic heterocycles. The number of rotatable bonds is 5. The fourth-order valence-corrected chi connectivity index (χ4v) is 4.13. The molecular formula is C22H30FN5O. The SMILES string of the molecule is CCNC(=NCc1cc(C#N)ccc1F)NC1CCN(C(=O)C2CCCCC2)C1. The van der Waals surface area contributed by atoms with Crippen LogP contribution in [0, 0.1) is 23.1 Å². The van der Waals surface area contributed by atoms with Crippen molar-refractivity contribution in [2.75, 3.05) is 19.6 Å². The number of likely N-dealkylation sites (tertiary alicyclic amines) is 1. The second-order valence-electron chi connectivity index (χ2n) is 7.86. The number of halogens is 1. The van der Waals surface area contributed by atoms with Crippen LogP contribution in [0.15, 0.2) is 23.2 Å². The summed E-state index contributed by atoms with van der Waals surface area (Å²) in [7, 11) is 0. The van der Waals surface area contributed by atoms with E-state index in [9.17, 15) is 9.18 Å². The van der Waals surface area contributed by atoms with Crippen LogP contribution in [0.4, 0.5) is 4.39 Å². The molecule has 156 valence electrons. The zero-order valence-corrected chi connectivity index (χ0v) is 17.1. The number of benzene rings is 1. The van der Waals surface area contributed by atoms with Crippen LogP contribution in [0.2, 0.25) is 0 Å². The molecular weight excluding hydrogens is 369 g/mol. The summed E-state index contributed by atoms with van der Waals surface area (Å²) in [6, 6.07) is 6.45. The number of nitriles is 1. The summed E-state index contributed by atoms with van der Waals surface area (Å²) in [6.07, 6.45) is 6.48. The van der Waals surface area contributed by atoms with E-state index in [2.05, 4.69) is 15.6 Å². The molecule has 29 heavy (non-hydrogen) atoms. The minimum Gasteiger partial charge on any atom is -0.357 e. The van der Waals surface area contributed by atoms with Gasteiger partial charge in [0.05, 0.1) is 18.2 Å². The minimum absolute atomic E-state index is 0.135. The maximum atomic E-state index is 14.0. The molecule has 2 aliphatic rings. The Morgan fingerprint density at radius 3 is 2.83 bits per heavy atom. The van der Waals surface area contributed by atoms with Crippen molar-refractivity contribution in [2.45, 2.75) is 58.0 Å². The smallest absolute Gasteiger partial charge is 0.225 e. The Labute approximate surface area is 172 Å². The molecule has 1 saturated heterocycles.